The molecule has 0 amide bonds. The highest BCUT2D eigenvalue weighted by Crippen LogP contribution is 2.36. The monoisotopic (exact) mass is 367 g/mol. The molecule has 5 nitrogen and oxygen atoms in total. The molecule has 0 saturated carbocycles. The summed E-state index contributed by atoms with van der Waals surface area (Å²) in [6.07, 6.45) is -4.73. The molecule has 0 bridgehead atoms. The summed E-state index contributed by atoms with van der Waals surface area (Å²) in [7, 11) is -4.03. The molecule has 0 radical (unpaired) electrons. The van der Waals surface area contributed by atoms with E-state index < -0.39 is 31.7 Å². The van der Waals surface area contributed by atoms with Gasteiger partial charge in [-0.2, -0.15) is 22.7 Å². The number of hydrogen-bond donors (Lipinski definition) is 0. The van der Waals surface area contributed by atoms with Crippen LogP contribution in [0.3, 0.4) is 0 Å². The largest absolute Gasteiger partial charge is 0.417 e. The first kappa shape index (κ1) is 18.0. The molecule has 2 rings (SSSR count). The number of hydrogen-bond acceptors (Lipinski definition) is 4. The van der Waals surface area contributed by atoms with Crippen molar-refractivity contribution in [3.63, 3.8) is 0 Å². The molecule has 1 aromatic rings. The number of sulfonamides is 1. The number of piperazine rings is 1. The quantitative estimate of drug-likeness (QED) is 0.768. The van der Waals surface area contributed by atoms with Gasteiger partial charge in [0.05, 0.1) is 28.1 Å². The van der Waals surface area contributed by atoms with Crippen molar-refractivity contribution in [1.29, 1.82) is 5.26 Å². The van der Waals surface area contributed by atoms with Crippen LogP contribution >= 0.6 is 11.6 Å². The minimum atomic E-state index is -4.73. The second-order valence-corrected chi connectivity index (χ2v) is 7.32. The van der Waals surface area contributed by atoms with Gasteiger partial charge >= 0.3 is 6.18 Å². The first-order chi connectivity index (χ1) is 10.7. The van der Waals surface area contributed by atoms with Gasteiger partial charge in [0.1, 0.15) is 0 Å². The van der Waals surface area contributed by atoms with Crippen LogP contribution in [0.5, 0.6) is 0 Å². The minimum Gasteiger partial charge on any atom is -0.288 e. The predicted molar refractivity (Wildman–Crippen MR) is 77.3 cm³/mol. The van der Waals surface area contributed by atoms with Gasteiger partial charge in [-0.25, -0.2) is 8.42 Å². The van der Waals surface area contributed by atoms with Crippen LogP contribution in [0.1, 0.15) is 5.56 Å². The minimum absolute atomic E-state index is 0.119. The molecule has 0 spiro atoms. The molecule has 1 saturated heterocycles. The van der Waals surface area contributed by atoms with Crippen molar-refractivity contribution in [3.8, 4) is 6.07 Å². The standard InChI is InChI=1S/C13H13ClF3N3O2S/c14-12-2-1-10(9-11(12)13(15,16)17)23(21,22)20-7-5-19(4-3-18)6-8-20/h1-2,9H,4-8H2. The number of benzene rings is 1. The number of alkyl halides is 3. The maximum absolute atomic E-state index is 12.9. The number of nitrogens with zero attached hydrogens (tertiary/aromatic N) is 3. The molecule has 0 aliphatic carbocycles. The van der Waals surface area contributed by atoms with Crippen molar-refractivity contribution >= 4 is 21.6 Å². The summed E-state index contributed by atoms with van der Waals surface area (Å²) in [5.74, 6) is 0. The van der Waals surface area contributed by atoms with Gasteiger partial charge in [0, 0.05) is 26.2 Å². The second-order valence-electron chi connectivity index (χ2n) is 4.98. The lowest BCUT2D eigenvalue weighted by molar-refractivity contribution is -0.137. The molecule has 23 heavy (non-hydrogen) atoms. The van der Waals surface area contributed by atoms with Crippen LogP contribution in [0.4, 0.5) is 13.2 Å². The Morgan fingerprint density at radius 3 is 2.35 bits per heavy atom. The molecule has 0 N–H and O–H groups in total. The fourth-order valence-electron chi connectivity index (χ4n) is 2.26. The van der Waals surface area contributed by atoms with Gasteiger partial charge in [0.15, 0.2) is 0 Å². The number of halogens is 4. The van der Waals surface area contributed by atoms with Crippen LogP contribution in [-0.4, -0.2) is 50.3 Å². The fraction of sp³-hybridized carbons (Fsp3) is 0.462. The molecule has 1 aromatic carbocycles. The average Bonchev–Trinajstić information content (AvgIpc) is 2.47. The van der Waals surface area contributed by atoms with Crippen molar-refractivity contribution in [2.24, 2.45) is 0 Å². The Hall–Kier alpha value is -1.34. The summed E-state index contributed by atoms with van der Waals surface area (Å²) >= 11 is 5.50. The Kier molecular flexibility index (Phi) is 5.20. The van der Waals surface area contributed by atoms with E-state index in [0.717, 1.165) is 16.4 Å². The Balaban J connectivity index is 2.26. The third-order valence-corrected chi connectivity index (χ3v) is 5.73. The highest BCUT2D eigenvalue weighted by atomic mass is 35.5. The van der Waals surface area contributed by atoms with Gasteiger partial charge in [0.2, 0.25) is 10.0 Å². The molecular formula is C13H13ClF3N3O2S. The zero-order valence-electron chi connectivity index (χ0n) is 11.8. The maximum atomic E-state index is 12.9. The zero-order chi connectivity index (χ0) is 17.3. The number of nitriles is 1. The molecule has 0 atom stereocenters. The Morgan fingerprint density at radius 1 is 1.22 bits per heavy atom. The topological polar surface area (TPSA) is 64.4 Å². The lowest BCUT2D eigenvalue weighted by Crippen LogP contribution is -2.48. The molecule has 10 heteroatoms. The van der Waals surface area contributed by atoms with E-state index in [1.807, 2.05) is 6.07 Å². The van der Waals surface area contributed by atoms with Gasteiger partial charge < -0.3 is 0 Å². The molecule has 1 aliphatic rings. The van der Waals surface area contributed by atoms with Crippen LogP contribution in [0, 0.1) is 11.3 Å². The van der Waals surface area contributed by atoms with Crippen molar-refractivity contribution in [1.82, 2.24) is 9.21 Å². The van der Waals surface area contributed by atoms with Crippen LogP contribution in [0.15, 0.2) is 23.1 Å². The van der Waals surface area contributed by atoms with Gasteiger partial charge in [0.25, 0.3) is 0 Å². The Morgan fingerprint density at radius 2 is 1.83 bits per heavy atom. The SMILES string of the molecule is N#CCN1CCN(S(=O)(=O)c2ccc(Cl)c(C(F)(F)F)c2)CC1. The van der Waals surface area contributed by atoms with Gasteiger partial charge in [-0.05, 0) is 18.2 Å². The van der Waals surface area contributed by atoms with E-state index >= 15 is 0 Å². The third-order valence-electron chi connectivity index (χ3n) is 3.51. The molecule has 1 aliphatic heterocycles. The molecule has 126 valence electrons. The van der Waals surface area contributed by atoms with Gasteiger partial charge in [-0.1, -0.05) is 11.6 Å². The van der Waals surface area contributed by atoms with Crippen LogP contribution in [0.2, 0.25) is 5.02 Å². The summed E-state index contributed by atoms with van der Waals surface area (Å²) in [5, 5.41) is 8.07. The highest BCUT2D eigenvalue weighted by Gasteiger charge is 2.36. The van der Waals surface area contributed by atoms with E-state index in [4.69, 9.17) is 16.9 Å². The Labute approximate surface area is 136 Å². The van der Waals surface area contributed by atoms with Crippen molar-refractivity contribution in [2.75, 3.05) is 32.7 Å². The van der Waals surface area contributed by atoms with Crippen molar-refractivity contribution < 1.29 is 21.6 Å². The summed E-state index contributed by atoms with van der Waals surface area (Å²) in [6, 6.07) is 4.52. The predicted octanol–water partition coefficient (Wildman–Crippen LogP) is 2.19. The van der Waals surface area contributed by atoms with Gasteiger partial charge in [-0.3, -0.25) is 4.90 Å². The third kappa shape index (κ3) is 3.95. The summed E-state index contributed by atoms with van der Waals surface area (Å²) in [6.45, 7) is 1.13. The molecule has 0 unspecified atom stereocenters. The summed E-state index contributed by atoms with van der Waals surface area (Å²) < 4.78 is 64.7. The Bertz CT molecular complexity index is 723. The maximum Gasteiger partial charge on any atom is 0.417 e. The van der Waals surface area contributed by atoms with E-state index in [1.165, 1.54) is 0 Å². The van der Waals surface area contributed by atoms with Crippen LogP contribution < -0.4 is 0 Å². The molecule has 1 heterocycles. The first-order valence-corrected chi connectivity index (χ1v) is 8.44. The average molecular weight is 368 g/mol. The lowest BCUT2D eigenvalue weighted by Gasteiger charge is -2.32. The van der Waals surface area contributed by atoms with Crippen molar-refractivity contribution in [3.05, 3.63) is 28.8 Å². The summed E-state index contributed by atoms with van der Waals surface area (Å²) in [5.41, 5.74) is -1.18. The van der Waals surface area contributed by atoms with E-state index in [9.17, 15) is 21.6 Å². The van der Waals surface area contributed by atoms with Crippen LogP contribution in [-0.2, 0) is 16.2 Å². The lowest BCUT2D eigenvalue weighted by atomic mass is 10.2. The second kappa shape index (κ2) is 6.65. The number of rotatable bonds is 3. The fourth-order valence-corrected chi connectivity index (χ4v) is 3.93. The highest BCUT2D eigenvalue weighted by molar-refractivity contribution is 7.89. The van der Waals surface area contributed by atoms with Gasteiger partial charge in [-0.15, -0.1) is 0 Å². The smallest absolute Gasteiger partial charge is 0.288 e. The van der Waals surface area contributed by atoms with E-state index in [-0.39, 0.29) is 19.6 Å². The van der Waals surface area contributed by atoms with Crippen molar-refractivity contribution in [2.45, 2.75) is 11.1 Å². The van der Waals surface area contributed by atoms with E-state index in [0.29, 0.717) is 19.2 Å². The van der Waals surface area contributed by atoms with Crippen LogP contribution in [0.25, 0.3) is 0 Å². The van der Waals surface area contributed by atoms with E-state index in [1.54, 1.807) is 4.90 Å². The first-order valence-electron chi connectivity index (χ1n) is 6.62. The zero-order valence-corrected chi connectivity index (χ0v) is 13.4. The normalized spacial score (nSPS) is 17.9. The van der Waals surface area contributed by atoms with E-state index in [2.05, 4.69) is 0 Å². The molecule has 1 fully saturated rings. The molecular weight excluding hydrogens is 355 g/mol. The molecule has 0 aromatic heterocycles. The summed E-state index contributed by atoms with van der Waals surface area (Å²) in [4.78, 5) is 1.33.